The summed E-state index contributed by atoms with van der Waals surface area (Å²) >= 11 is 0. The second-order valence-electron chi connectivity index (χ2n) is 9.48. The first-order valence-electron chi connectivity index (χ1n) is 12.9. The van der Waals surface area contributed by atoms with Crippen LogP contribution in [-0.2, 0) is 21.2 Å². The Hall–Kier alpha value is -3.32. The minimum atomic E-state index is -3.93. The number of nitrogens with zero attached hydrogens (tertiary/aromatic N) is 1. The molecule has 198 valence electrons. The monoisotopic (exact) mass is 522 g/mol. The number of hydrogen-bond donors (Lipinski definition) is 1. The van der Waals surface area contributed by atoms with Gasteiger partial charge in [0.05, 0.1) is 17.2 Å². The minimum Gasteiger partial charge on any atom is -0.493 e. The molecule has 3 aromatic carbocycles. The molecule has 0 heterocycles. The van der Waals surface area contributed by atoms with Gasteiger partial charge in [0.25, 0.3) is 10.0 Å². The predicted molar refractivity (Wildman–Crippen MR) is 150 cm³/mol. The molecule has 3 aromatic rings. The quantitative estimate of drug-likeness (QED) is 0.286. The van der Waals surface area contributed by atoms with E-state index in [0.29, 0.717) is 31.2 Å². The topological polar surface area (TPSA) is 75.7 Å². The van der Waals surface area contributed by atoms with E-state index in [2.05, 4.69) is 26.1 Å². The van der Waals surface area contributed by atoms with Crippen LogP contribution >= 0.6 is 0 Å². The third-order valence-electron chi connectivity index (χ3n) is 6.12. The molecule has 6 nitrogen and oxygen atoms in total. The van der Waals surface area contributed by atoms with Crippen LogP contribution in [0.5, 0.6) is 5.75 Å². The Kier molecular flexibility index (Phi) is 10.1. The molecule has 0 unspecified atom stereocenters. The normalized spacial score (nSPS) is 11.4. The average molecular weight is 523 g/mol. The SMILES string of the molecule is CCCOc1ccccc1CCCNC(=O)CN(c1ccc(C(C)C)cc1)S(=O)(=O)c1ccc(C)cc1. The largest absolute Gasteiger partial charge is 0.493 e. The molecular formula is C30H38N2O4S. The van der Waals surface area contributed by atoms with Crippen LogP contribution in [0.1, 0.15) is 56.2 Å². The molecule has 1 N–H and O–H groups in total. The van der Waals surface area contributed by atoms with Crippen molar-refractivity contribution >= 4 is 21.6 Å². The third-order valence-corrected chi connectivity index (χ3v) is 7.91. The van der Waals surface area contributed by atoms with Gasteiger partial charge in [-0.25, -0.2) is 8.42 Å². The molecule has 0 saturated carbocycles. The van der Waals surface area contributed by atoms with E-state index >= 15 is 0 Å². The zero-order valence-electron chi connectivity index (χ0n) is 22.2. The second-order valence-corrected chi connectivity index (χ2v) is 11.3. The van der Waals surface area contributed by atoms with Crippen molar-refractivity contribution < 1.29 is 17.9 Å². The number of anilines is 1. The molecular weight excluding hydrogens is 484 g/mol. The van der Waals surface area contributed by atoms with Gasteiger partial charge in [-0.15, -0.1) is 0 Å². The summed E-state index contributed by atoms with van der Waals surface area (Å²) in [6, 6.07) is 21.9. The van der Waals surface area contributed by atoms with E-state index in [1.165, 1.54) is 4.31 Å². The van der Waals surface area contributed by atoms with Gasteiger partial charge < -0.3 is 10.1 Å². The molecule has 0 aliphatic rings. The highest BCUT2D eigenvalue weighted by Gasteiger charge is 2.27. The number of rotatable bonds is 13. The zero-order valence-corrected chi connectivity index (χ0v) is 23.1. The summed E-state index contributed by atoms with van der Waals surface area (Å²) in [6.07, 6.45) is 2.40. The fourth-order valence-electron chi connectivity index (χ4n) is 3.93. The number of amides is 1. The van der Waals surface area contributed by atoms with E-state index in [9.17, 15) is 13.2 Å². The van der Waals surface area contributed by atoms with Gasteiger partial charge in [-0.3, -0.25) is 9.10 Å². The Morgan fingerprint density at radius 1 is 0.973 bits per heavy atom. The second kappa shape index (κ2) is 13.3. The van der Waals surface area contributed by atoms with Gasteiger partial charge >= 0.3 is 0 Å². The van der Waals surface area contributed by atoms with Gasteiger partial charge in [0.1, 0.15) is 12.3 Å². The highest BCUT2D eigenvalue weighted by molar-refractivity contribution is 7.92. The van der Waals surface area contributed by atoms with Crippen molar-refractivity contribution in [1.29, 1.82) is 0 Å². The van der Waals surface area contributed by atoms with Crippen molar-refractivity contribution in [2.45, 2.75) is 57.8 Å². The van der Waals surface area contributed by atoms with Gasteiger partial charge in [-0.05, 0) is 73.6 Å². The molecule has 3 rings (SSSR count). The molecule has 0 radical (unpaired) electrons. The lowest BCUT2D eigenvalue weighted by Gasteiger charge is -2.24. The molecule has 0 aliphatic heterocycles. The number of sulfonamides is 1. The van der Waals surface area contributed by atoms with Crippen LogP contribution in [0, 0.1) is 6.92 Å². The number of ether oxygens (including phenoxy) is 1. The van der Waals surface area contributed by atoms with E-state index in [1.54, 1.807) is 36.4 Å². The van der Waals surface area contributed by atoms with Crippen LogP contribution in [0.3, 0.4) is 0 Å². The van der Waals surface area contributed by atoms with Crippen molar-refractivity contribution in [3.05, 3.63) is 89.5 Å². The number of benzene rings is 3. The van der Waals surface area contributed by atoms with Crippen LogP contribution < -0.4 is 14.4 Å². The Morgan fingerprint density at radius 2 is 1.65 bits per heavy atom. The fraction of sp³-hybridized carbons (Fsp3) is 0.367. The lowest BCUT2D eigenvalue weighted by Crippen LogP contribution is -2.41. The smallest absolute Gasteiger partial charge is 0.264 e. The number of para-hydroxylation sites is 1. The van der Waals surface area contributed by atoms with Crippen LogP contribution in [0.2, 0.25) is 0 Å². The van der Waals surface area contributed by atoms with E-state index in [4.69, 9.17) is 4.74 Å². The van der Waals surface area contributed by atoms with Crippen molar-refractivity contribution in [3.8, 4) is 5.75 Å². The number of hydrogen-bond acceptors (Lipinski definition) is 4. The van der Waals surface area contributed by atoms with Crippen molar-refractivity contribution in [2.75, 3.05) is 24.0 Å². The first-order valence-corrected chi connectivity index (χ1v) is 14.3. The van der Waals surface area contributed by atoms with Gasteiger partial charge in [-0.2, -0.15) is 0 Å². The number of carbonyl (C=O) groups is 1. The van der Waals surface area contributed by atoms with Gasteiger partial charge in [0.2, 0.25) is 5.91 Å². The number of nitrogens with one attached hydrogen (secondary N) is 1. The highest BCUT2D eigenvalue weighted by Crippen LogP contribution is 2.26. The number of carbonyl (C=O) groups excluding carboxylic acids is 1. The van der Waals surface area contributed by atoms with Crippen LogP contribution in [-0.4, -0.2) is 34.0 Å². The minimum absolute atomic E-state index is 0.155. The standard InChI is InChI=1S/C30H38N2O4S/c1-5-21-36-29-11-7-6-9-26(29)10-8-20-31-30(33)22-32(27-16-14-25(15-17-27)23(2)3)37(34,35)28-18-12-24(4)13-19-28/h6-7,9,11-19,23H,5,8,10,20-22H2,1-4H3,(H,31,33). The van der Waals surface area contributed by atoms with Crippen molar-refractivity contribution in [2.24, 2.45) is 0 Å². The molecule has 7 heteroatoms. The van der Waals surface area contributed by atoms with Gasteiger partial charge in [0.15, 0.2) is 0 Å². The van der Waals surface area contributed by atoms with Crippen molar-refractivity contribution in [3.63, 3.8) is 0 Å². The summed E-state index contributed by atoms with van der Waals surface area (Å²) in [6.45, 7) is 8.94. The lowest BCUT2D eigenvalue weighted by atomic mass is 10.0. The highest BCUT2D eigenvalue weighted by atomic mass is 32.2. The molecule has 0 aromatic heterocycles. The molecule has 0 atom stereocenters. The van der Waals surface area contributed by atoms with E-state index in [-0.39, 0.29) is 17.3 Å². The fourth-order valence-corrected chi connectivity index (χ4v) is 5.36. The summed E-state index contributed by atoms with van der Waals surface area (Å²) in [4.78, 5) is 13.1. The summed E-state index contributed by atoms with van der Waals surface area (Å²) in [7, 11) is -3.93. The van der Waals surface area contributed by atoms with Crippen LogP contribution in [0.4, 0.5) is 5.69 Å². The summed E-state index contributed by atoms with van der Waals surface area (Å²) < 4.78 is 34.1. The van der Waals surface area contributed by atoms with Crippen LogP contribution in [0.15, 0.2) is 77.7 Å². The van der Waals surface area contributed by atoms with E-state index in [1.807, 2.05) is 43.3 Å². The molecule has 37 heavy (non-hydrogen) atoms. The van der Waals surface area contributed by atoms with Crippen molar-refractivity contribution in [1.82, 2.24) is 5.32 Å². The van der Waals surface area contributed by atoms with Gasteiger partial charge in [0, 0.05) is 6.54 Å². The third kappa shape index (κ3) is 7.83. The van der Waals surface area contributed by atoms with Crippen LogP contribution in [0.25, 0.3) is 0 Å². The Bertz CT molecular complexity index is 1250. The molecule has 0 fully saturated rings. The maximum atomic E-state index is 13.6. The Balaban J connectivity index is 1.70. The maximum absolute atomic E-state index is 13.6. The van der Waals surface area contributed by atoms with Gasteiger partial charge in [-0.1, -0.05) is 68.8 Å². The average Bonchev–Trinajstić information content (AvgIpc) is 2.89. The predicted octanol–water partition coefficient (Wildman–Crippen LogP) is 5.85. The molecule has 0 spiro atoms. The number of aryl methyl sites for hydroxylation is 2. The summed E-state index contributed by atoms with van der Waals surface area (Å²) in [5, 5.41) is 2.89. The molecule has 0 aliphatic carbocycles. The molecule has 0 saturated heterocycles. The molecule has 0 bridgehead atoms. The maximum Gasteiger partial charge on any atom is 0.264 e. The lowest BCUT2D eigenvalue weighted by molar-refractivity contribution is -0.119. The Morgan fingerprint density at radius 3 is 2.30 bits per heavy atom. The summed E-state index contributed by atoms with van der Waals surface area (Å²) in [5.41, 5.74) is 3.62. The van der Waals surface area contributed by atoms with E-state index in [0.717, 1.165) is 35.3 Å². The zero-order chi connectivity index (χ0) is 26.8. The Labute approximate surface area is 221 Å². The first-order chi connectivity index (χ1) is 17.7. The summed E-state index contributed by atoms with van der Waals surface area (Å²) in [5.74, 6) is 0.840. The molecule has 1 amide bonds. The first kappa shape index (κ1) is 28.3. The van der Waals surface area contributed by atoms with E-state index < -0.39 is 10.0 Å².